The summed E-state index contributed by atoms with van der Waals surface area (Å²) in [6.07, 6.45) is 0. The van der Waals surface area contributed by atoms with Gasteiger partial charge in [0.1, 0.15) is 0 Å². The van der Waals surface area contributed by atoms with Crippen LogP contribution in [-0.2, 0) is 0 Å². The molecule has 5 nitrogen and oxygen atoms in total. The van der Waals surface area contributed by atoms with Crippen molar-refractivity contribution in [2.24, 2.45) is 10.7 Å². The van der Waals surface area contributed by atoms with Crippen LogP contribution in [0.15, 0.2) is 59.6 Å². The van der Waals surface area contributed by atoms with Crippen LogP contribution in [0, 0.1) is 0 Å². The molecule has 0 fully saturated rings. The summed E-state index contributed by atoms with van der Waals surface area (Å²) >= 11 is 1.64. The van der Waals surface area contributed by atoms with Gasteiger partial charge in [0.25, 0.3) is 0 Å². The van der Waals surface area contributed by atoms with Gasteiger partial charge in [0.15, 0.2) is 11.1 Å². The maximum absolute atomic E-state index is 5.84. The molecule has 0 aliphatic carbocycles. The van der Waals surface area contributed by atoms with Crippen molar-refractivity contribution in [2.45, 2.75) is 0 Å². The molecule has 3 rings (SSSR count). The molecule has 0 spiro atoms. The Bertz CT molecular complexity index is 739. The van der Waals surface area contributed by atoms with Gasteiger partial charge in [-0.1, -0.05) is 41.7 Å². The maximum Gasteiger partial charge on any atom is 0.193 e. The zero-order chi connectivity index (χ0) is 15.2. The van der Waals surface area contributed by atoms with Crippen LogP contribution in [0.1, 0.15) is 0 Å². The molecule has 0 saturated carbocycles. The quantitative estimate of drug-likeness (QED) is 0.245. The number of aliphatic imine (C=N–C) groups is 1. The van der Waals surface area contributed by atoms with Crippen LogP contribution in [0.2, 0.25) is 0 Å². The van der Waals surface area contributed by atoms with Gasteiger partial charge in [-0.3, -0.25) is 4.99 Å². The van der Waals surface area contributed by atoms with Gasteiger partial charge in [0, 0.05) is 12.2 Å². The lowest BCUT2D eigenvalue weighted by Gasteiger charge is -2.05. The molecule has 23 heavy (non-hydrogen) atoms. The summed E-state index contributed by atoms with van der Waals surface area (Å²) in [6.45, 7) is 1.28. The molecule has 0 aliphatic heterocycles. The molecule has 1 heterocycles. The van der Waals surface area contributed by atoms with E-state index in [9.17, 15) is 0 Å². The number of hydrogen-bond donors (Lipinski definition) is 3. The fourth-order valence-electron chi connectivity index (χ4n) is 2.00. The van der Waals surface area contributed by atoms with Crippen molar-refractivity contribution >= 4 is 62.3 Å². The third-order valence-corrected chi connectivity index (χ3v) is 4.00. The Morgan fingerprint density at radius 3 is 2.61 bits per heavy atom. The van der Waals surface area contributed by atoms with Crippen molar-refractivity contribution in [1.29, 1.82) is 0 Å². The summed E-state index contributed by atoms with van der Waals surface area (Å²) in [6, 6.07) is 17.8. The number of benzene rings is 2. The van der Waals surface area contributed by atoms with Crippen LogP contribution >= 0.6 is 35.3 Å². The number of thiazole rings is 1. The van der Waals surface area contributed by atoms with Crippen molar-refractivity contribution in [2.75, 3.05) is 23.7 Å². The Hall–Kier alpha value is -1.87. The minimum Gasteiger partial charge on any atom is -0.370 e. The highest BCUT2D eigenvalue weighted by molar-refractivity contribution is 14.0. The fourth-order valence-corrected chi connectivity index (χ4v) is 2.89. The smallest absolute Gasteiger partial charge is 0.193 e. The summed E-state index contributed by atoms with van der Waals surface area (Å²) in [5.74, 6) is 0.414. The average Bonchev–Trinajstić information content (AvgIpc) is 2.95. The molecule has 4 N–H and O–H groups in total. The highest BCUT2D eigenvalue weighted by Crippen LogP contribution is 2.24. The van der Waals surface area contributed by atoms with Crippen molar-refractivity contribution in [3.05, 3.63) is 54.6 Å². The molecule has 0 bridgehead atoms. The standard InChI is InChI=1S/C16H17N5S.HI/c17-15(20-12-6-2-1-3-7-12)18-10-11-19-16-21-13-8-4-5-9-14(13)22-16;/h1-9H,10-11H2,(H,19,21)(H3,17,18,20);1H. The van der Waals surface area contributed by atoms with E-state index in [4.69, 9.17) is 5.73 Å². The number of aromatic nitrogens is 1. The molecular weight excluding hydrogens is 421 g/mol. The maximum atomic E-state index is 5.84. The van der Waals surface area contributed by atoms with Gasteiger partial charge in [-0.25, -0.2) is 4.98 Å². The number of nitrogens with zero attached hydrogens (tertiary/aromatic N) is 2. The number of nitrogens with one attached hydrogen (secondary N) is 2. The second kappa shape index (κ2) is 8.68. The van der Waals surface area contributed by atoms with E-state index in [2.05, 4.69) is 26.7 Å². The molecule has 0 aliphatic rings. The first-order chi connectivity index (χ1) is 10.8. The average molecular weight is 439 g/mol. The fraction of sp³-hybridized carbons (Fsp3) is 0.125. The predicted molar refractivity (Wildman–Crippen MR) is 110 cm³/mol. The second-order valence-electron chi connectivity index (χ2n) is 4.67. The highest BCUT2D eigenvalue weighted by atomic mass is 127. The summed E-state index contributed by atoms with van der Waals surface area (Å²) < 4.78 is 1.18. The SMILES string of the molecule is I.NC(=NCCNc1nc2ccccc2s1)Nc1ccccc1. The topological polar surface area (TPSA) is 75.3 Å². The molecule has 3 aromatic rings. The summed E-state index contributed by atoms with van der Waals surface area (Å²) in [5, 5.41) is 7.23. The van der Waals surface area contributed by atoms with Gasteiger partial charge in [-0.05, 0) is 24.3 Å². The highest BCUT2D eigenvalue weighted by Gasteiger charge is 2.01. The van der Waals surface area contributed by atoms with Crippen LogP contribution < -0.4 is 16.4 Å². The van der Waals surface area contributed by atoms with E-state index >= 15 is 0 Å². The van der Waals surface area contributed by atoms with E-state index in [0.29, 0.717) is 19.0 Å². The van der Waals surface area contributed by atoms with Crippen molar-refractivity contribution in [1.82, 2.24) is 4.98 Å². The monoisotopic (exact) mass is 439 g/mol. The molecule has 0 unspecified atom stereocenters. The first-order valence-corrected chi connectivity index (χ1v) is 7.84. The van der Waals surface area contributed by atoms with Gasteiger partial charge in [0.2, 0.25) is 0 Å². The minimum atomic E-state index is 0. The van der Waals surface area contributed by atoms with Crippen molar-refractivity contribution < 1.29 is 0 Å². The number of anilines is 2. The molecular formula is C16H18IN5S. The van der Waals surface area contributed by atoms with Crippen molar-refractivity contribution in [3.63, 3.8) is 0 Å². The molecule has 0 radical (unpaired) electrons. The van der Waals surface area contributed by atoms with Gasteiger partial charge in [-0.15, -0.1) is 24.0 Å². The van der Waals surface area contributed by atoms with Crippen LogP contribution in [0.3, 0.4) is 0 Å². The van der Waals surface area contributed by atoms with Crippen LogP contribution in [0.25, 0.3) is 10.2 Å². The normalized spacial score (nSPS) is 11.0. The minimum absolute atomic E-state index is 0. The molecule has 0 saturated heterocycles. The largest absolute Gasteiger partial charge is 0.370 e. The van der Waals surface area contributed by atoms with Crippen LogP contribution in [0.4, 0.5) is 10.8 Å². The van der Waals surface area contributed by atoms with E-state index in [1.165, 1.54) is 4.70 Å². The number of para-hydroxylation sites is 2. The number of guanidine groups is 1. The number of fused-ring (bicyclic) bond motifs is 1. The first-order valence-electron chi connectivity index (χ1n) is 7.03. The molecule has 120 valence electrons. The lowest BCUT2D eigenvalue weighted by atomic mass is 10.3. The first kappa shape index (κ1) is 17.5. The lowest BCUT2D eigenvalue weighted by molar-refractivity contribution is 1.01. The lowest BCUT2D eigenvalue weighted by Crippen LogP contribution is -2.23. The van der Waals surface area contributed by atoms with Gasteiger partial charge in [-0.2, -0.15) is 0 Å². The molecule has 0 atom stereocenters. The Morgan fingerprint density at radius 2 is 1.83 bits per heavy atom. The molecule has 0 amide bonds. The zero-order valence-corrected chi connectivity index (χ0v) is 15.5. The van der Waals surface area contributed by atoms with Gasteiger partial charge in [0.05, 0.1) is 16.8 Å². The molecule has 7 heteroatoms. The third kappa shape index (κ3) is 5.07. The van der Waals surface area contributed by atoms with E-state index in [0.717, 1.165) is 16.3 Å². The second-order valence-corrected chi connectivity index (χ2v) is 5.70. The number of hydrogen-bond acceptors (Lipinski definition) is 4. The van der Waals surface area contributed by atoms with Crippen LogP contribution in [0.5, 0.6) is 0 Å². The molecule has 1 aromatic heterocycles. The van der Waals surface area contributed by atoms with E-state index < -0.39 is 0 Å². The summed E-state index contributed by atoms with van der Waals surface area (Å²) in [7, 11) is 0. The number of rotatable bonds is 5. The predicted octanol–water partition coefficient (Wildman–Crippen LogP) is 3.75. The number of nitrogens with two attached hydrogens (primary N) is 1. The third-order valence-electron chi connectivity index (χ3n) is 3.01. The number of halogens is 1. The molecule has 2 aromatic carbocycles. The van der Waals surface area contributed by atoms with E-state index in [-0.39, 0.29) is 24.0 Å². The summed E-state index contributed by atoms with van der Waals surface area (Å²) in [4.78, 5) is 8.80. The van der Waals surface area contributed by atoms with Gasteiger partial charge >= 0.3 is 0 Å². The van der Waals surface area contributed by atoms with Gasteiger partial charge < -0.3 is 16.4 Å². The van der Waals surface area contributed by atoms with Crippen LogP contribution in [-0.4, -0.2) is 24.0 Å². The Morgan fingerprint density at radius 1 is 1.09 bits per heavy atom. The zero-order valence-electron chi connectivity index (χ0n) is 12.4. The Balaban J connectivity index is 0.00000192. The van der Waals surface area contributed by atoms with Crippen molar-refractivity contribution in [3.8, 4) is 0 Å². The van der Waals surface area contributed by atoms with E-state index in [1.54, 1.807) is 11.3 Å². The Kier molecular flexibility index (Phi) is 6.60. The Labute approximate surface area is 156 Å². The summed E-state index contributed by atoms with van der Waals surface area (Å²) in [5.41, 5.74) is 7.80. The van der Waals surface area contributed by atoms with E-state index in [1.807, 2.05) is 48.5 Å².